The smallest absolute Gasteiger partial charge is 0.326 e. The van der Waals surface area contributed by atoms with E-state index in [-0.39, 0.29) is 12.0 Å². The van der Waals surface area contributed by atoms with Gasteiger partial charge in [0.2, 0.25) is 0 Å². The highest BCUT2D eigenvalue weighted by Gasteiger charge is 2.21. The van der Waals surface area contributed by atoms with Crippen LogP contribution in [0.3, 0.4) is 0 Å². The van der Waals surface area contributed by atoms with Crippen molar-refractivity contribution in [3.8, 4) is 0 Å². The summed E-state index contributed by atoms with van der Waals surface area (Å²) in [5.74, 6) is -1.65. The SMILES string of the molecule is O=C(NCc1ccccc1)Nc1cccc(C(=O)NC(Cc2ccccc2)C(=O)O)c1. The van der Waals surface area contributed by atoms with Gasteiger partial charge in [-0.05, 0) is 29.3 Å². The van der Waals surface area contributed by atoms with Gasteiger partial charge >= 0.3 is 12.0 Å². The second-order valence-electron chi connectivity index (χ2n) is 6.93. The Hall–Kier alpha value is -4.13. The van der Waals surface area contributed by atoms with Crippen LogP contribution in [0.25, 0.3) is 0 Å². The minimum absolute atomic E-state index is 0.168. The zero-order chi connectivity index (χ0) is 22.1. The quantitative estimate of drug-likeness (QED) is 0.450. The summed E-state index contributed by atoms with van der Waals surface area (Å²) >= 11 is 0. The molecule has 7 nitrogen and oxygen atoms in total. The maximum Gasteiger partial charge on any atom is 0.326 e. The minimum atomic E-state index is -1.12. The summed E-state index contributed by atoms with van der Waals surface area (Å²) in [6, 6.07) is 23.4. The Morgan fingerprint density at radius 2 is 1.45 bits per heavy atom. The molecular formula is C24H23N3O4. The largest absolute Gasteiger partial charge is 0.480 e. The normalized spacial score (nSPS) is 11.2. The maximum absolute atomic E-state index is 12.6. The van der Waals surface area contributed by atoms with Gasteiger partial charge in [-0.25, -0.2) is 9.59 Å². The number of hydrogen-bond acceptors (Lipinski definition) is 3. The molecule has 0 aliphatic carbocycles. The molecule has 0 aliphatic heterocycles. The molecule has 158 valence electrons. The molecule has 3 aromatic rings. The summed E-state index contributed by atoms with van der Waals surface area (Å²) in [6.07, 6.45) is 0.168. The van der Waals surface area contributed by atoms with Crippen molar-refractivity contribution in [2.75, 3.05) is 5.32 Å². The number of carboxylic acids is 1. The highest BCUT2D eigenvalue weighted by molar-refractivity contribution is 5.98. The summed E-state index contributed by atoms with van der Waals surface area (Å²) in [5, 5.41) is 17.4. The number of carbonyl (C=O) groups is 3. The number of benzene rings is 3. The number of carboxylic acid groups (broad SMARTS) is 1. The first-order chi connectivity index (χ1) is 15.0. The molecule has 0 saturated heterocycles. The second kappa shape index (κ2) is 10.6. The molecule has 0 aliphatic rings. The molecule has 0 radical (unpaired) electrons. The summed E-state index contributed by atoms with van der Waals surface area (Å²) in [7, 11) is 0. The Labute approximate surface area is 180 Å². The van der Waals surface area contributed by atoms with Crippen molar-refractivity contribution in [3.63, 3.8) is 0 Å². The topological polar surface area (TPSA) is 108 Å². The van der Waals surface area contributed by atoms with Gasteiger partial charge in [0.25, 0.3) is 5.91 Å². The molecule has 4 N–H and O–H groups in total. The lowest BCUT2D eigenvalue weighted by Gasteiger charge is -2.15. The van der Waals surface area contributed by atoms with E-state index in [2.05, 4.69) is 16.0 Å². The molecule has 0 saturated carbocycles. The van der Waals surface area contributed by atoms with Crippen molar-refractivity contribution in [1.82, 2.24) is 10.6 Å². The fourth-order valence-corrected chi connectivity index (χ4v) is 2.98. The van der Waals surface area contributed by atoms with E-state index < -0.39 is 23.9 Å². The van der Waals surface area contributed by atoms with E-state index in [1.54, 1.807) is 30.3 Å². The summed E-state index contributed by atoms with van der Waals surface area (Å²) < 4.78 is 0. The van der Waals surface area contributed by atoms with Crippen molar-refractivity contribution in [1.29, 1.82) is 0 Å². The van der Waals surface area contributed by atoms with Crippen LogP contribution in [0.4, 0.5) is 10.5 Å². The van der Waals surface area contributed by atoms with Gasteiger partial charge in [-0.15, -0.1) is 0 Å². The average Bonchev–Trinajstić information content (AvgIpc) is 2.78. The molecule has 0 aromatic heterocycles. The Morgan fingerprint density at radius 1 is 0.806 bits per heavy atom. The number of urea groups is 1. The number of hydrogen-bond donors (Lipinski definition) is 4. The van der Waals surface area contributed by atoms with Gasteiger partial charge in [0, 0.05) is 24.2 Å². The number of nitrogens with one attached hydrogen (secondary N) is 3. The van der Waals surface area contributed by atoms with Gasteiger partial charge in [0.15, 0.2) is 0 Å². The summed E-state index contributed by atoms with van der Waals surface area (Å²) in [4.78, 5) is 36.3. The van der Waals surface area contributed by atoms with Gasteiger partial charge in [0.05, 0.1) is 0 Å². The minimum Gasteiger partial charge on any atom is -0.480 e. The van der Waals surface area contributed by atoms with Crippen molar-refractivity contribution in [2.45, 2.75) is 19.0 Å². The van der Waals surface area contributed by atoms with Crippen LogP contribution < -0.4 is 16.0 Å². The fraction of sp³-hybridized carbons (Fsp3) is 0.125. The van der Waals surface area contributed by atoms with E-state index in [0.717, 1.165) is 11.1 Å². The Bertz CT molecular complexity index is 1040. The van der Waals surface area contributed by atoms with Crippen molar-refractivity contribution in [2.24, 2.45) is 0 Å². The predicted molar refractivity (Wildman–Crippen MR) is 118 cm³/mol. The first kappa shape index (κ1) is 21.6. The van der Waals surface area contributed by atoms with Crippen LogP contribution in [-0.4, -0.2) is 29.1 Å². The molecule has 3 aromatic carbocycles. The van der Waals surface area contributed by atoms with Crippen LogP contribution >= 0.6 is 0 Å². The van der Waals surface area contributed by atoms with Crippen LogP contribution in [0.2, 0.25) is 0 Å². The predicted octanol–water partition coefficient (Wildman–Crippen LogP) is 3.43. The number of aliphatic carboxylic acids is 1. The highest BCUT2D eigenvalue weighted by Crippen LogP contribution is 2.12. The Morgan fingerprint density at radius 3 is 2.10 bits per heavy atom. The molecule has 7 heteroatoms. The zero-order valence-corrected chi connectivity index (χ0v) is 16.7. The van der Waals surface area contributed by atoms with Crippen LogP contribution in [0.1, 0.15) is 21.5 Å². The van der Waals surface area contributed by atoms with Crippen molar-refractivity contribution in [3.05, 3.63) is 102 Å². The fourth-order valence-electron chi connectivity index (χ4n) is 2.98. The van der Waals surface area contributed by atoms with Crippen LogP contribution in [-0.2, 0) is 17.8 Å². The molecule has 0 fully saturated rings. The van der Waals surface area contributed by atoms with Gasteiger partial charge in [-0.3, -0.25) is 4.79 Å². The van der Waals surface area contributed by atoms with E-state index in [9.17, 15) is 19.5 Å². The van der Waals surface area contributed by atoms with Crippen LogP contribution in [0.15, 0.2) is 84.9 Å². The molecular weight excluding hydrogens is 394 g/mol. The molecule has 3 rings (SSSR count). The number of amides is 3. The standard InChI is InChI=1S/C24H23N3O4/c28-22(27-21(23(29)30)14-17-8-3-1-4-9-17)19-12-7-13-20(15-19)26-24(31)25-16-18-10-5-2-6-11-18/h1-13,15,21H,14,16H2,(H,27,28)(H,29,30)(H2,25,26,31). The van der Waals surface area contributed by atoms with E-state index in [4.69, 9.17) is 0 Å². The van der Waals surface area contributed by atoms with Gasteiger partial charge in [0.1, 0.15) is 6.04 Å². The van der Waals surface area contributed by atoms with Crippen LogP contribution in [0, 0.1) is 0 Å². The van der Waals surface area contributed by atoms with Crippen molar-refractivity contribution >= 4 is 23.6 Å². The van der Waals surface area contributed by atoms with E-state index in [1.807, 2.05) is 48.5 Å². The lowest BCUT2D eigenvalue weighted by Crippen LogP contribution is -2.42. The molecule has 3 amide bonds. The van der Waals surface area contributed by atoms with E-state index in [0.29, 0.717) is 12.2 Å². The monoisotopic (exact) mass is 417 g/mol. The third-order valence-electron chi connectivity index (χ3n) is 4.56. The zero-order valence-electron chi connectivity index (χ0n) is 16.7. The van der Waals surface area contributed by atoms with Crippen molar-refractivity contribution < 1.29 is 19.5 Å². The van der Waals surface area contributed by atoms with Crippen LogP contribution in [0.5, 0.6) is 0 Å². The summed E-state index contributed by atoms with van der Waals surface area (Å²) in [6.45, 7) is 0.368. The van der Waals surface area contributed by atoms with Gasteiger partial charge in [-0.1, -0.05) is 66.7 Å². The van der Waals surface area contributed by atoms with E-state index >= 15 is 0 Å². The first-order valence-corrected chi connectivity index (χ1v) is 9.77. The molecule has 1 atom stereocenters. The molecule has 0 heterocycles. The third-order valence-corrected chi connectivity index (χ3v) is 4.56. The first-order valence-electron chi connectivity index (χ1n) is 9.77. The number of carbonyl (C=O) groups excluding carboxylic acids is 2. The van der Waals surface area contributed by atoms with Gasteiger partial charge in [-0.2, -0.15) is 0 Å². The lowest BCUT2D eigenvalue weighted by atomic mass is 10.1. The highest BCUT2D eigenvalue weighted by atomic mass is 16.4. The third kappa shape index (κ3) is 6.71. The second-order valence-corrected chi connectivity index (χ2v) is 6.93. The number of anilines is 1. The molecule has 0 bridgehead atoms. The molecule has 31 heavy (non-hydrogen) atoms. The van der Waals surface area contributed by atoms with E-state index in [1.165, 1.54) is 6.07 Å². The molecule has 0 spiro atoms. The Kier molecular flexibility index (Phi) is 7.37. The lowest BCUT2D eigenvalue weighted by molar-refractivity contribution is -0.139. The Balaban J connectivity index is 1.59. The van der Waals surface area contributed by atoms with Gasteiger partial charge < -0.3 is 21.1 Å². The maximum atomic E-state index is 12.6. The molecule has 1 unspecified atom stereocenters. The average molecular weight is 417 g/mol. The summed E-state index contributed by atoms with van der Waals surface area (Å²) in [5.41, 5.74) is 2.44. The number of rotatable bonds is 8.